The number of nitrogens with zero attached hydrogens (tertiary/aromatic N) is 5. The molecule has 3 atom stereocenters. The monoisotopic (exact) mass is 544 g/mol. The van der Waals surface area contributed by atoms with Crippen LogP contribution in [0.2, 0.25) is 0 Å². The normalized spacial score (nSPS) is 17.9. The third-order valence-electron chi connectivity index (χ3n) is 6.72. The predicted octanol–water partition coefficient (Wildman–Crippen LogP) is 3.24. The molecule has 4 heterocycles. The Labute approximate surface area is 231 Å². The van der Waals surface area contributed by atoms with E-state index in [-0.39, 0.29) is 50.8 Å². The largest absolute Gasteiger partial charge is 0.492 e. The van der Waals surface area contributed by atoms with Gasteiger partial charge in [-0.05, 0) is 37.5 Å². The van der Waals surface area contributed by atoms with Gasteiger partial charge in [-0.2, -0.15) is 37.4 Å². The van der Waals surface area contributed by atoms with Crippen molar-refractivity contribution in [1.82, 2.24) is 19.9 Å². The maximum atomic E-state index is 12.4. The van der Waals surface area contributed by atoms with Gasteiger partial charge in [0.1, 0.15) is 17.6 Å². The SMILES string of the molecule is CCOc1cc(-c2ccc(N3CC[C@H](NC(=O)C(C)C(C)C)[C@@H](O)C3)nc2)c2c(C#N)cnn2c1.S.S. The van der Waals surface area contributed by atoms with E-state index in [9.17, 15) is 15.2 Å². The van der Waals surface area contributed by atoms with Crippen LogP contribution in [0.25, 0.3) is 16.6 Å². The van der Waals surface area contributed by atoms with Crippen LogP contribution in [0.15, 0.2) is 36.8 Å². The molecule has 1 amide bonds. The van der Waals surface area contributed by atoms with Gasteiger partial charge in [-0.25, -0.2) is 9.50 Å². The topological polar surface area (TPSA) is 116 Å². The van der Waals surface area contributed by atoms with Crippen LogP contribution in [0.3, 0.4) is 0 Å². The molecule has 0 aromatic carbocycles. The summed E-state index contributed by atoms with van der Waals surface area (Å²) in [4.78, 5) is 19.1. The Kier molecular flexibility index (Phi) is 10.7. The minimum atomic E-state index is -0.680. The minimum absolute atomic E-state index is 0. The minimum Gasteiger partial charge on any atom is -0.492 e. The number of pyridine rings is 2. The van der Waals surface area contributed by atoms with Crippen LogP contribution < -0.4 is 15.0 Å². The Hall–Kier alpha value is -2.94. The van der Waals surface area contributed by atoms with E-state index in [0.29, 0.717) is 42.9 Å². The highest BCUT2D eigenvalue weighted by Crippen LogP contribution is 2.31. The maximum Gasteiger partial charge on any atom is 0.223 e. The summed E-state index contributed by atoms with van der Waals surface area (Å²) in [7, 11) is 0. The molecule has 9 nitrogen and oxygen atoms in total. The number of carbonyl (C=O) groups excluding carboxylic acids is 1. The number of piperidine rings is 1. The van der Waals surface area contributed by atoms with Gasteiger partial charge < -0.3 is 20.1 Å². The standard InChI is InChI=1S/C26H32N6O3.2H2S/c1-5-35-20-10-21(25-19(11-27)13-29-32(25)14-20)18-6-7-24(28-12-18)31-9-8-22(23(33)15-31)30-26(34)17(4)16(2)3;;/h6-7,10,12-14,16-17,22-23,33H,5,8-9,15H2,1-4H3,(H,30,34);2*1H2/t17?,22-,23-;;/m0../s1. The van der Waals surface area contributed by atoms with E-state index < -0.39 is 6.10 Å². The second-order valence-corrected chi connectivity index (χ2v) is 9.34. The average Bonchev–Trinajstić information content (AvgIpc) is 3.27. The zero-order valence-corrected chi connectivity index (χ0v) is 23.6. The van der Waals surface area contributed by atoms with Gasteiger partial charge in [0.15, 0.2) is 0 Å². The number of aliphatic hydroxyl groups excluding tert-OH is 1. The first kappa shape index (κ1) is 30.3. The van der Waals surface area contributed by atoms with Gasteiger partial charge in [-0.15, -0.1) is 0 Å². The second kappa shape index (κ2) is 13.0. The van der Waals surface area contributed by atoms with Crippen molar-refractivity contribution in [2.75, 3.05) is 24.6 Å². The number of nitrogens with one attached hydrogen (secondary N) is 1. The van der Waals surface area contributed by atoms with Crippen LogP contribution in [-0.4, -0.2) is 57.5 Å². The lowest BCUT2D eigenvalue weighted by atomic mass is 9.95. The molecular formula is C26H36N6O3S2. The van der Waals surface area contributed by atoms with Crippen molar-refractivity contribution in [3.05, 3.63) is 42.4 Å². The van der Waals surface area contributed by atoms with E-state index >= 15 is 0 Å². The number of ether oxygens (including phenoxy) is 1. The number of aliphatic hydroxyl groups is 1. The fourth-order valence-corrected chi connectivity index (χ4v) is 4.30. The smallest absolute Gasteiger partial charge is 0.223 e. The van der Waals surface area contributed by atoms with Gasteiger partial charge >= 0.3 is 0 Å². The third-order valence-corrected chi connectivity index (χ3v) is 6.72. The number of β-amino-alcohol motifs (C(OH)–C–C–N with tert-alkyl or cyclic N) is 1. The summed E-state index contributed by atoms with van der Waals surface area (Å²) in [6.45, 7) is 9.44. The molecule has 3 aromatic rings. The first-order chi connectivity index (χ1) is 16.8. The van der Waals surface area contributed by atoms with Crippen LogP contribution in [0.4, 0.5) is 5.82 Å². The lowest BCUT2D eigenvalue weighted by Crippen LogP contribution is -2.55. The Bertz CT molecular complexity index is 1240. The number of amides is 1. The van der Waals surface area contributed by atoms with Crippen molar-refractivity contribution >= 4 is 44.2 Å². The second-order valence-electron chi connectivity index (χ2n) is 9.34. The quantitative estimate of drug-likeness (QED) is 0.469. The van der Waals surface area contributed by atoms with E-state index in [4.69, 9.17) is 4.74 Å². The van der Waals surface area contributed by atoms with Crippen molar-refractivity contribution in [3.8, 4) is 22.9 Å². The number of rotatable bonds is 7. The van der Waals surface area contributed by atoms with Gasteiger partial charge in [-0.3, -0.25) is 4.79 Å². The van der Waals surface area contributed by atoms with Crippen molar-refractivity contribution in [2.24, 2.45) is 11.8 Å². The van der Waals surface area contributed by atoms with E-state index in [1.54, 1.807) is 23.1 Å². The van der Waals surface area contributed by atoms with Crippen molar-refractivity contribution in [1.29, 1.82) is 5.26 Å². The molecule has 1 unspecified atom stereocenters. The molecular weight excluding hydrogens is 508 g/mol. The Morgan fingerprint density at radius 1 is 1.30 bits per heavy atom. The summed E-state index contributed by atoms with van der Waals surface area (Å²) < 4.78 is 7.34. The van der Waals surface area contributed by atoms with Crippen molar-refractivity contribution < 1.29 is 14.6 Å². The maximum absolute atomic E-state index is 12.4. The van der Waals surface area contributed by atoms with Crippen LogP contribution in [0.1, 0.15) is 39.7 Å². The van der Waals surface area contributed by atoms with Gasteiger partial charge in [0.05, 0.1) is 42.2 Å². The van der Waals surface area contributed by atoms with Crippen molar-refractivity contribution in [2.45, 2.75) is 46.3 Å². The van der Waals surface area contributed by atoms with Crippen LogP contribution in [0, 0.1) is 23.2 Å². The highest BCUT2D eigenvalue weighted by atomic mass is 32.1. The van der Waals surface area contributed by atoms with E-state index in [1.165, 1.54) is 0 Å². The Balaban J connectivity index is 0.00000241. The van der Waals surface area contributed by atoms with Crippen LogP contribution >= 0.6 is 27.0 Å². The Morgan fingerprint density at radius 2 is 2.05 bits per heavy atom. The molecule has 3 aromatic heterocycles. The summed E-state index contributed by atoms with van der Waals surface area (Å²) in [5, 5.41) is 27.5. The molecule has 0 radical (unpaired) electrons. The highest BCUT2D eigenvalue weighted by Gasteiger charge is 2.31. The molecule has 0 bridgehead atoms. The van der Waals surface area contributed by atoms with E-state index in [0.717, 1.165) is 16.9 Å². The number of anilines is 1. The highest BCUT2D eigenvalue weighted by molar-refractivity contribution is 7.59. The fourth-order valence-electron chi connectivity index (χ4n) is 4.30. The zero-order valence-electron chi connectivity index (χ0n) is 21.6. The van der Waals surface area contributed by atoms with Crippen LogP contribution in [0.5, 0.6) is 5.75 Å². The summed E-state index contributed by atoms with van der Waals surface area (Å²) in [6.07, 6.45) is 5.03. The third kappa shape index (κ3) is 6.50. The summed E-state index contributed by atoms with van der Waals surface area (Å²) in [5.41, 5.74) is 2.83. The molecule has 1 fully saturated rings. The lowest BCUT2D eigenvalue weighted by Gasteiger charge is -2.37. The number of aromatic nitrogens is 3. The fraction of sp³-hybridized carbons (Fsp3) is 0.462. The summed E-state index contributed by atoms with van der Waals surface area (Å²) in [5.74, 6) is 1.54. The first-order valence-corrected chi connectivity index (χ1v) is 12.1. The molecule has 1 aliphatic rings. The molecule has 2 N–H and O–H groups in total. The Morgan fingerprint density at radius 3 is 2.65 bits per heavy atom. The van der Waals surface area contributed by atoms with Gasteiger partial charge in [0.2, 0.25) is 5.91 Å². The molecule has 0 saturated carbocycles. The number of hydrogen-bond acceptors (Lipinski definition) is 7. The number of carbonyl (C=O) groups is 1. The molecule has 0 aliphatic carbocycles. The number of hydrogen-bond donors (Lipinski definition) is 2. The molecule has 1 saturated heterocycles. The molecule has 11 heteroatoms. The summed E-state index contributed by atoms with van der Waals surface area (Å²) in [6, 6.07) is 7.69. The van der Waals surface area contributed by atoms with E-state index in [1.807, 2.05) is 50.8 Å². The molecule has 1 aliphatic heterocycles. The molecule has 4 rings (SSSR count). The van der Waals surface area contributed by atoms with Gasteiger partial charge in [0.25, 0.3) is 0 Å². The first-order valence-electron chi connectivity index (χ1n) is 12.1. The average molecular weight is 545 g/mol. The van der Waals surface area contributed by atoms with Crippen LogP contribution in [-0.2, 0) is 4.79 Å². The lowest BCUT2D eigenvalue weighted by molar-refractivity contribution is -0.127. The molecule has 37 heavy (non-hydrogen) atoms. The molecule has 0 spiro atoms. The van der Waals surface area contributed by atoms with Gasteiger partial charge in [0, 0.05) is 36.3 Å². The zero-order chi connectivity index (χ0) is 25.1. The molecule has 200 valence electrons. The van der Waals surface area contributed by atoms with E-state index in [2.05, 4.69) is 21.5 Å². The number of nitriles is 1. The summed E-state index contributed by atoms with van der Waals surface area (Å²) >= 11 is 0. The van der Waals surface area contributed by atoms with Crippen molar-refractivity contribution in [3.63, 3.8) is 0 Å². The number of fused-ring (bicyclic) bond motifs is 1. The predicted molar refractivity (Wildman–Crippen MR) is 154 cm³/mol. The van der Waals surface area contributed by atoms with Gasteiger partial charge in [-0.1, -0.05) is 20.8 Å².